The Labute approximate surface area is 156 Å². The summed E-state index contributed by atoms with van der Waals surface area (Å²) in [4.78, 5) is 23.5. The average molecular weight is 367 g/mol. The molecule has 1 saturated heterocycles. The molecule has 8 heteroatoms. The minimum atomic E-state index is -0.0398. The molecule has 0 radical (unpaired) electrons. The van der Waals surface area contributed by atoms with Gasteiger partial charge in [0.05, 0.1) is 22.6 Å². The summed E-state index contributed by atoms with van der Waals surface area (Å²) >= 11 is 0. The number of carbonyl (C=O) groups is 1. The Morgan fingerprint density at radius 3 is 2.78 bits per heavy atom. The molecule has 4 heterocycles. The molecular weight excluding hydrogens is 346 g/mol. The highest BCUT2D eigenvalue weighted by Crippen LogP contribution is 2.33. The van der Waals surface area contributed by atoms with Crippen LogP contribution in [0.5, 0.6) is 0 Å². The summed E-state index contributed by atoms with van der Waals surface area (Å²) in [5, 5.41) is 7.87. The summed E-state index contributed by atoms with van der Waals surface area (Å²) in [6.07, 6.45) is 5.13. The summed E-state index contributed by atoms with van der Waals surface area (Å²) in [5.74, 6) is 1.27. The first-order chi connectivity index (χ1) is 13.0. The SMILES string of the molecule is Cc1cc(-c2cncnc2[C@@H]2CCCN(C(=O)c3c(C)noc3C)C2)on1. The van der Waals surface area contributed by atoms with E-state index in [0.717, 1.165) is 29.8 Å². The Morgan fingerprint density at radius 2 is 2.07 bits per heavy atom. The van der Waals surface area contributed by atoms with E-state index in [9.17, 15) is 4.79 Å². The van der Waals surface area contributed by atoms with Crippen LogP contribution in [0.2, 0.25) is 0 Å². The maximum atomic E-state index is 13.0. The molecule has 8 nitrogen and oxygen atoms in total. The van der Waals surface area contributed by atoms with Crippen LogP contribution in [0.3, 0.4) is 0 Å². The van der Waals surface area contributed by atoms with Crippen LogP contribution in [0.15, 0.2) is 27.6 Å². The van der Waals surface area contributed by atoms with Gasteiger partial charge in [-0.05, 0) is 33.6 Å². The van der Waals surface area contributed by atoms with E-state index in [4.69, 9.17) is 9.05 Å². The Hall–Kier alpha value is -3.03. The highest BCUT2D eigenvalue weighted by molar-refractivity contribution is 5.96. The average Bonchev–Trinajstić information content (AvgIpc) is 3.26. The van der Waals surface area contributed by atoms with Crippen molar-refractivity contribution in [1.29, 1.82) is 0 Å². The number of piperidine rings is 1. The Bertz CT molecular complexity index is 958. The lowest BCUT2D eigenvalue weighted by atomic mass is 9.91. The van der Waals surface area contributed by atoms with E-state index in [-0.39, 0.29) is 11.8 Å². The molecule has 1 atom stereocenters. The predicted molar refractivity (Wildman–Crippen MR) is 96.1 cm³/mol. The van der Waals surface area contributed by atoms with Gasteiger partial charge in [0, 0.05) is 31.3 Å². The summed E-state index contributed by atoms with van der Waals surface area (Å²) in [7, 11) is 0. The third-order valence-electron chi connectivity index (χ3n) is 4.98. The van der Waals surface area contributed by atoms with Crippen molar-refractivity contribution in [3.05, 3.63) is 47.0 Å². The fourth-order valence-electron chi connectivity index (χ4n) is 3.68. The van der Waals surface area contributed by atoms with Crippen LogP contribution in [0, 0.1) is 20.8 Å². The van der Waals surface area contributed by atoms with Gasteiger partial charge < -0.3 is 13.9 Å². The highest BCUT2D eigenvalue weighted by Gasteiger charge is 2.31. The Morgan fingerprint density at radius 1 is 1.22 bits per heavy atom. The standard InChI is InChI=1S/C19H21N5O3/c1-11-7-16(27-22-11)15-8-20-10-21-18(15)14-5-4-6-24(9-14)19(25)17-12(2)23-26-13(17)3/h7-8,10,14H,4-6,9H2,1-3H3/t14-/m1/s1. The van der Waals surface area contributed by atoms with Crippen molar-refractivity contribution in [1.82, 2.24) is 25.2 Å². The molecule has 3 aromatic rings. The number of likely N-dealkylation sites (tertiary alicyclic amines) is 1. The molecule has 140 valence electrons. The molecule has 0 unspecified atom stereocenters. The van der Waals surface area contributed by atoms with Crippen LogP contribution in [0.1, 0.15) is 52.0 Å². The number of aryl methyl sites for hydroxylation is 3. The molecule has 1 aliphatic rings. The molecule has 0 aromatic carbocycles. The maximum absolute atomic E-state index is 13.0. The quantitative estimate of drug-likeness (QED) is 0.701. The van der Waals surface area contributed by atoms with Crippen LogP contribution < -0.4 is 0 Å². The van der Waals surface area contributed by atoms with Crippen molar-refractivity contribution in [2.45, 2.75) is 39.5 Å². The van der Waals surface area contributed by atoms with Crippen molar-refractivity contribution in [2.75, 3.05) is 13.1 Å². The largest absolute Gasteiger partial charge is 0.361 e. The molecular formula is C19H21N5O3. The molecule has 0 bridgehead atoms. The monoisotopic (exact) mass is 367 g/mol. The zero-order valence-corrected chi connectivity index (χ0v) is 15.6. The molecule has 27 heavy (non-hydrogen) atoms. The van der Waals surface area contributed by atoms with Crippen LogP contribution in [0.4, 0.5) is 0 Å². The predicted octanol–water partition coefficient (Wildman–Crippen LogP) is 3.06. The van der Waals surface area contributed by atoms with E-state index in [2.05, 4.69) is 20.3 Å². The van der Waals surface area contributed by atoms with Crippen molar-refractivity contribution in [3.8, 4) is 11.3 Å². The van der Waals surface area contributed by atoms with Crippen molar-refractivity contribution in [2.24, 2.45) is 0 Å². The fourth-order valence-corrected chi connectivity index (χ4v) is 3.68. The van der Waals surface area contributed by atoms with Crippen LogP contribution >= 0.6 is 0 Å². The number of aromatic nitrogens is 4. The van der Waals surface area contributed by atoms with Gasteiger partial charge in [-0.15, -0.1) is 0 Å². The maximum Gasteiger partial charge on any atom is 0.259 e. The lowest BCUT2D eigenvalue weighted by molar-refractivity contribution is 0.0703. The third-order valence-corrected chi connectivity index (χ3v) is 4.98. The number of nitrogens with zero attached hydrogens (tertiary/aromatic N) is 5. The van der Waals surface area contributed by atoms with Crippen LogP contribution in [-0.4, -0.2) is 44.2 Å². The number of hydrogen-bond acceptors (Lipinski definition) is 7. The Kier molecular flexibility index (Phi) is 4.47. The van der Waals surface area contributed by atoms with Crippen molar-refractivity contribution < 1.29 is 13.8 Å². The minimum absolute atomic E-state index is 0.0398. The van der Waals surface area contributed by atoms with Crippen LogP contribution in [0.25, 0.3) is 11.3 Å². The van der Waals surface area contributed by atoms with Gasteiger partial charge in [-0.25, -0.2) is 9.97 Å². The lowest BCUT2D eigenvalue weighted by Crippen LogP contribution is -2.39. The van der Waals surface area contributed by atoms with E-state index < -0.39 is 0 Å². The minimum Gasteiger partial charge on any atom is -0.361 e. The van der Waals surface area contributed by atoms with E-state index >= 15 is 0 Å². The molecule has 1 aliphatic heterocycles. The first-order valence-corrected chi connectivity index (χ1v) is 9.00. The van der Waals surface area contributed by atoms with Gasteiger partial charge >= 0.3 is 0 Å². The third kappa shape index (κ3) is 3.22. The van der Waals surface area contributed by atoms with E-state index in [1.807, 2.05) is 17.9 Å². The second kappa shape index (κ2) is 6.94. The molecule has 0 saturated carbocycles. The zero-order valence-electron chi connectivity index (χ0n) is 15.6. The molecule has 0 spiro atoms. The van der Waals surface area contributed by atoms with Gasteiger partial charge in [-0.3, -0.25) is 4.79 Å². The van der Waals surface area contributed by atoms with Crippen LogP contribution in [-0.2, 0) is 0 Å². The van der Waals surface area contributed by atoms with Gasteiger partial charge in [0.15, 0.2) is 5.76 Å². The van der Waals surface area contributed by atoms with E-state index in [1.54, 1.807) is 20.0 Å². The summed E-state index contributed by atoms with van der Waals surface area (Å²) in [6.45, 7) is 6.73. The molecule has 1 amide bonds. The Balaban J connectivity index is 1.62. The molecule has 0 N–H and O–H groups in total. The molecule has 0 aliphatic carbocycles. The molecule has 4 rings (SSSR count). The van der Waals surface area contributed by atoms with Gasteiger partial charge in [0.1, 0.15) is 17.7 Å². The number of rotatable bonds is 3. The van der Waals surface area contributed by atoms with E-state index in [1.165, 1.54) is 6.33 Å². The number of amides is 1. The van der Waals surface area contributed by atoms with Gasteiger partial charge in [0.2, 0.25) is 0 Å². The van der Waals surface area contributed by atoms with Gasteiger partial charge in [-0.1, -0.05) is 10.3 Å². The van der Waals surface area contributed by atoms with E-state index in [0.29, 0.717) is 35.9 Å². The van der Waals surface area contributed by atoms with Crippen molar-refractivity contribution >= 4 is 5.91 Å². The van der Waals surface area contributed by atoms with Crippen molar-refractivity contribution in [3.63, 3.8) is 0 Å². The van der Waals surface area contributed by atoms with Gasteiger partial charge in [-0.2, -0.15) is 0 Å². The molecule has 3 aromatic heterocycles. The smallest absolute Gasteiger partial charge is 0.259 e. The summed E-state index contributed by atoms with van der Waals surface area (Å²) < 4.78 is 10.6. The highest BCUT2D eigenvalue weighted by atomic mass is 16.5. The number of carbonyl (C=O) groups excluding carboxylic acids is 1. The zero-order chi connectivity index (χ0) is 19.0. The second-order valence-electron chi connectivity index (χ2n) is 6.94. The summed E-state index contributed by atoms with van der Waals surface area (Å²) in [6, 6.07) is 1.87. The summed E-state index contributed by atoms with van der Waals surface area (Å²) in [5.41, 5.74) is 3.70. The first kappa shape index (κ1) is 17.4. The normalized spacial score (nSPS) is 17.3. The topological polar surface area (TPSA) is 98.2 Å². The number of hydrogen-bond donors (Lipinski definition) is 0. The van der Waals surface area contributed by atoms with Gasteiger partial charge in [0.25, 0.3) is 5.91 Å². The fraction of sp³-hybridized carbons (Fsp3) is 0.421. The second-order valence-corrected chi connectivity index (χ2v) is 6.94. The lowest BCUT2D eigenvalue weighted by Gasteiger charge is -2.33. The first-order valence-electron chi connectivity index (χ1n) is 9.00. The molecule has 1 fully saturated rings.